The summed E-state index contributed by atoms with van der Waals surface area (Å²) in [6, 6.07) is 17.5. The number of ether oxygens (including phenoxy) is 2. The molecule has 0 aliphatic carbocycles. The molecule has 4 aromatic rings. The molecular weight excluding hydrogens is 599 g/mol. The van der Waals surface area contributed by atoms with Crippen LogP contribution in [0.5, 0.6) is 5.75 Å². The average molecular weight is 649 g/mol. The molecule has 0 bridgehead atoms. The van der Waals surface area contributed by atoms with Crippen LogP contribution in [0.1, 0.15) is 41.5 Å². The van der Waals surface area contributed by atoms with Gasteiger partial charge in [0.25, 0.3) is 0 Å². The van der Waals surface area contributed by atoms with Gasteiger partial charge in [-0.3, -0.25) is 9.59 Å². The summed E-state index contributed by atoms with van der Waals surface area (Å²) in [5, 5.41) is 16.9. The van der Waals surface area contributed by atoms with Crippen molar-refractivity contribution >= 4 is 42.6 Å². The quantitative estimate of drug-likeness (QED) is 0.129. The van der Waals surface area contributed by atoms with Crippen LogP contribution >= 0.6 is 8.53 Å². The summed E-state index contributed by atoms with van der Waals surface area (Å²) in [4.78, 5) is 24.9. The van der Waals surface area contributed by atoms with Crippen molar-refractivity contribution in [2.75, 3.05) is 39.6 Å². The number of carbonyl (C=O) groups excluding carboxylic acids is 1. The highest BCUT2D eigenvalue weighted by Gasteiger charge is 2.14. The number of fused-ring (bicyclic) bond motifs is 2. The van der Waals surface area contributed by atoms with Crippen LogP contribution in [0, 0.1) is 5.92 Å². The predicted octanol–water partition coefficient (Wildman–Crippen LogP) is 5.29. The topological polar surface area (TPSA) is 186 Å². The third-order valence-electron chi connectivity index (χ3n) is 5.35. The van der Waals surface area contributed by atoms with Gasteiger partial charge in [-0.1, -0.05) is 64.1 Å². The Kier molecular flexibility index (Phi) is 22.3. The van der Waals surface area contributed by atoms with Crippen LogP contribution < -0.4 is 21.1 Å². The smallest absolute Gasteiger partial charge is 0.320 e. The van der Waals surface area contributed by atoms with E-state index in [1.807, 2.05) is 81.6 Å². The molecule has 2 aromatic heterocycles. The number of carboxylic acids is 1. The number of nitrogens with two attached hydrogens (primary N) is 2. The second-order valence-corrected chi connectivity index (χ2v) is 10.3. The van der Waals surface area contributed by atoms with E-state index in [1.54, 1.807) is 32.4 Å². The van der Waals surface area contributed by atoms with Crippen LogP contribution in [-0.4, -0.2) is 71.7 Å². The molecule has 0 saturated carbocycles. The summed E-state index contributed by atoms with van der Waals surface area (Å²) < 4.78 is 22.4. The van der Waals surface area contributed by atoms with Gasteiger partial charge in [0.05, 0.1) is 18.6 Å². The van der Waals surface area contributed by atoms with E-state index in [2.05, 4.69) is 15.2 Å². The largest absolute Gasteiger partial charge is 0.481 e. The zero-order valence-corrected chi connectivity index (χ0v) is 28.4. The normalized spacial score (nSPS) is 11.2. The number of benzene rings is 2. The standard InChI is InChI=1S/C15H18NO4P.C6H6N4.C4H11NO.C4H8O2.C2H6/c1-3-19-15(17)11-16-21(18-2)20-14-10-6-8-12-7-4-5-9-13(12)14;7-6-5-2-1-3-10(5)9-4-8-6;1-4(3-5)6-2;1-3(2)4(5)6;1-2/h4-10,16H,3,11H2,1-2H3;1-4H,(H2,7,8,9);4H,3,5H2,1-2H3;3H,1-2H3,(H,5,6);1-2H3. The van der Waals surface area contributed by atoms with Crippen LogP contribution in [0.2, 0.25) is 0 Å². The van der Waals surface area contributed by atoms with Gasteiger partial charge in [0, 0.05) is 32.3 Å². The summed E-state index contributed by atoms with van der Waals surface area (Å²) in [6.45, 7) is 12.0. The number of anilines is 1. The molecule has 0 aliphatic rings. The van der Waals surface area contributed by atoms with Crippen LogP contribution in [0.25, 0.3) is 16.3 Å². The molecule has 2 heterocycles. The van der Waals surface area contributed by atoms with E-state index in [0.717, 1.165) is 22.0 Å². The first-order valence-electron chi connectivity index (χ1n) is 14.5. The predicted molar refractivity (Wildman–Crippen MR) is 180 cm³/mol. The average Bonchev–Trinajstić information content (AvgIpc) is 3.55. The highest BCUT2D eigenvalue weighted by molar-refractivity contribution is 7.45. The number of nitrogens with zero attached hydrogens (tertiary/aromatic N) is 3. The molecule has 0 fully saturated rings. The van der Waals surface area contributed by atoms with E-state index >= 15 is 0 Å². The molecule has 14 heteroatoms. The van der Waals surface area contributed by atoms with Crippen LogP contribution in [-0.2, 0) is 23.6 Å². The van der Waals surface area contributed by atoms with E-state index < -0.39 is 14.5 Å². The SMILES string of the molecule is CC.CC(C)C(=O)O.CCOC(=O)CNP(OC)Oc1cccc2ccccc12.COC(C)CN.Nc1ncnn2cccc12. The lowest BCUT2D eigenvalue weighted by molar-refractivity contribution is -0.142. The molecular formula is C31H49N6O7P. The molecule has 45 heavy (non-hydrogen) atoms. The molecule has 0 aliphatic heterocycles. The number of hydrogen-bond donors (Lipinski definition) is 4. The zero-order chi connectivity index (χ0) is 34.2. The molecule has 0 saturated heterocycles. The Morgan fingerprint density at radius 1 is 1.04 bits per heavy atom. The number of carbonyl (C=O) groups is 2. The fraction of sp³-hybridized carbons (Fsp3) is 0.419. The molecule has 6 N–H and O–H groups in total. The summed E-state index contributed by atoms with van der Waals surface area (Å²) in [5.74, 6) is -0.0685. The van der Waals surface area contributed by atoms with Crippen molar-refractivity contribution in [3.63, 3.8) is 0 Å². The highest BCUT2D eigenvalue weighted by atomic mass is 31.2. The van der Waals surface area contributed by atoms with Crippen LogP contribution in [0.3, 0.4) is 0 Å². The minimum Gasteiger partial charge on any atom is -0.481 e. The highest BCUT2D eigenvalue weighted by Crippen LogP contribution is 2.37. The number of nitrogen functional groups attached to an aromatic ring is 1. The van der Waals surface area contributed by atoms with Crippen LogP contribution in [0.15, 0.2) is 67.1 Å². The van der Waals surface area contributed by atoms with Gasteiger partial charge in [-0.2, -0.15) is 5.10 Å². The number of esters is 1. The second-order valence-electron chi connectivity index (χ2n) is 8.91. The third-order valence-corrected chi connectivity index (χ3v) is 6.46. The number of carboxylic acid groups (broad SMARTS) is 1. The van der Waals surface area contributed by atoms with E-state index in [0.29, 0.717) is 19.0 Å². The third kappa shape index (κ3) is 16.7. The number of hydrogen-bond acceptors (Lipinski definition) is 11. The second kappa shape index (κ2) is 24.5. The minimum absolute atomic E-state index is 0.0537. The first kappa shape index (κ1) is 41.1. The van der Waals surface area contributed by atoms with Crippen molar-refractivity contribution in [3.8, 4) is 5.75 Å². The Morgan fingerprint density at radius 2 is 1.69 bits per heavy atom. The Morgan fingerprint density at radius 3 is 2.22 bits per heavy atom. The van der Waals surface area contributed by atoms with Crippen molar-refractivity contribution in [1.82, 2.24) is 19.7 Å². The molecule has 0 radical (unpaired) electrons. The lowest BCUT2D eigenvalue weighted by Gasteiger charge is -2.17. The summed E-state index contributed by atoms with van der Waals surface area (Å²) in [7, 11) is 1.79. The lowest BCUT2D eigenvalue weighted by atomic mass is 10.1. The molecule has 2 aromatic carbocycles. The number of aromatic nitrogens is 3. The molecule has 4 rings (SSSR count). The summed E-state index contributed by atoms with van der Waals surface area (Å²) >= 11 is 0. The van der Waals surface area contributed by atoms with Crippen molar-refractivity contribution in [2.24, 2.45) is 11.7 Å². The Labute approximate surface area is 267 Å². The van der Waals surface area contributed by atoms with Gasteiger partial charge >= 0.3 is 20.5 Å². The van der Waals surface area contributed by atoms with Gasteiger partial charge < -0.3 is 35.1 Å². The van der Waals surface area contributed by atoms with E-state index in [1.165, 1.54) is 13.4 Å². The Bertz CT molecular complexity index is 1360. The van der Waals surface area contributed by atoms with Crippen LogP contribution in [0.4, 0.5) is 5.82 Å². The van der Waals surface area contributed by atoms with Gasteiger partial charge in [-0.05, 0) is 37.4 Å². The van der Waals surface area contributed by atoms with E-state index in [4.69, 9.17) is 35.1 Å². The lowest BCUT2D eigenvalue weighted by Crippen LogP contribution is -2.22. The maximum Gasteiger partial charge on any atom is 0.320 e. The molecule has 13 nitrogen and oxygen atoms in total. The Balaban J connectivity index is 0.000000665. The first-order chi connectivity index (χ1) is 21.6. The van der Waals surface area contributed by atoms with Crippen molar-refractivity contribution in [3.05, 3.63) is 67.1 Å². The van der Waals surface area contributed by atoms with Gasteiger partial charge in [0.15, 0.2) is 5.82 Å². The fourth-order valence-electron chi connectivity index (χ4n) is 2.82. The van der Waals surface area contributed by atoms with Crippen molar-refractivity contribution < 1.29 is 33.2 Å². The van der Waals surface area contributed by atoms with Crippen molar-refractivity contribution in [1.29, 1.82) is 0 Å². The number of aliphatic carboxylic acids is 1. The Hall–Kier alpha value is -3.87. The summed E-state index contributed by atoms with van der Waals surface area (Å²) in [5.41, 5.74) is 11.5. The van der Waals surface area contributed by atoms with E-state index in [-0.39, 0.29) is 24.5 Å². The monoisotopic (exact) mass is 648 g/mol. The number of nitrogens with one attached hydrogen (secondary N) is 1. The zero-order valence-electron chi connectivity index (χ0n) is 27.5. The number of rotatable bonds is 10. The fourth-order valence-corrected chi connectivity index (χ4v) is 3.69. The first-order valence-corrected chi connectivity index (χ1v) is 15.6. The van der Waals surface area contributed by atoms with Gasteiger partial charge in [-0.15, -0.1) is 0 Å². The van der Waals surface area contributed by atoms with Gasteiger partial charge in [0.1, 0.15) is 24.1 Å². The molecule has 0 spiro atoms. The van der Waals surface area contributed by atoms with Crippen molar-refractivity contribution in [2.45, 2.75) is 47.6 Å². The molecule has 2 unspecified atom stereocenters. The van der Waals surface area contributed by atoms with E-state index in [9.17, 15) is 9.59 Å². The molecule has 250 valence electrons. The summed E-state index contributed by atoms with van der Waals surface area (Å²) in [6.07, 6.45) is 3.47. The minimum atomic E-state index is -1.40. The maximum absolute atomic E-state index is 11.3. The number of methoxy groups -OCH3 is 1. The van der Waals surface area contributed by atoms with Gasteiger partial charge in [0.2, 0.25) is 0 Å². The maximum atomic E-state index is 11.3. The molecule has 2 atom stereocenters. The van der Waals surface area contributed by atoms with Gasteiger partial charge in [-0.25, -0.2) is 14.6 Å². The molecule has 0 amide bonds.